The molecule has 0 bridgehead atoms. The number of hydrogen-bond donors (Lipinski definition) is 1. The third kappa shape index (κ3) is 4.74. The third-order valence-electron chi connectivity index (χ3n) is 2.55. The molecule has 2 aromatic rings. The van der Waals surface area contributed by atoms with Gasteiger partial charge in [-0.25, -0.2) is 9.97 Å². The lowest BCUT2D eigenvalue weighted by Gasteiger charge is -2.08. The lowest BCUT2D eigenvalue weighted by molar-refractivity contribution is 0.128. The van der Waals surface area contributed by atoms with Crippen molar-refractivity contribution in [3.63, 3.8) is 0 Å². The van der Waals surface area contributed by atoms with Gasteiger partial charge < -0.3 is 10.1 Å². The van der Waals surface area contributed by atoms with Crippen molar-refractivity contribution in [1.82, 2.24) is 9.97 Å². The van der Waals surface area contributed by atoms with Crippen LogP contribution in [0.1, 0.15) is 12.7 Å². The van der Waals surface area contributed by atoms with Crippen LogP contribution < -0.4 is 5.32 Å². The number of ether oxygens (including phenoxy) is 1. The van der Waals surface area contributed by atoms with E-state index < -0.39 is 0 Å². The Balaban J connectivity index is 2.23. The van der Waals surface area contributed by atoms with Crippen molar-refractivity contribution in [3.8, 4) is 0 Å². The summed E-state index contributed by atoms with van der Waals surface area (Å²) in [6.45, 7) is 2.96. The first-order chi connectivity index (χ1) is 10.1. The van der Waals surface area contributed by atoms with Crippen LogP contribution in [0.15, 0.2) is 34.2 Å². The van der Waals surface area contributed by atoms with Gasteiger partial charge in [0.1, 0.15) is 17.5 Å². The van der Waals surface area contributed by atoms with Gasteiger partial charge in [0.25, 0.3) is 0 Å². The van der Waals surface area contributed by atoms with E-state index in [1.165, 1.54) is 11.8 Å². The van der Waals surface area contributed by atoms with Crippen LogP contribution in [0.25, 0.3) is 0 Å². The van der Waals surface area contributed by atoms with Gasteiger partial charge in [0, 0.05) is 24.6 Å². The predicted octanol–water partition coefficient (Wildman–Crippen LogP) is 4.51. The van der Waals surface area contributed by atoms with Crippen LogP contribution in [0.2, 0.25) is 10.0 Å². The molecule has 0 aliphatic carbocycles. The van der Waals surface area contributed by atoms with E-state index in [1.807, 2.05) is 32.2 Å². The fraction of sp³-hybridized carbons (Fsp3) is 0.286. The van der Waals surface area contributed by atoms with Crippen LogP contribution in [0.3, 0.4) is 0 Å². The van der Waals surface area contributed by atoms with Crippen molar-refractivity contribution in [2.75, 3.05) is 19.0 Å². The lowest BCUT2D eigenvalue weighted by Crippen LogP contribution is -2.03. The first-order valence-electron chi connectivity index (χ1n) is 6.38. The van der Waals surface area contributed by atoms with E-state index in [-0.39, 0.29) is 0 Å². The van der Waals surface area contributed by atoms with Crippen molar-refractivity contribution >= 4 is 40.8 Å². The van der Waals surface area contributed by atoms with Gasteiger partial charge in [-0.1, -0.05) is 35.0 Å². The van der Waals surface area contributed by atoms with Crippen molar-refractivity contribution in [2.24, 2.45) is 0 Å². The molecular weight excluding hydrogens is 329 g/mol. The third-order valence-corrected chi connectivity index (χ3v) is 4.20. The van der Waals surface area contributed by atoms with Crippen molar-refractivity contribution in [2.45, 2.75) is 23.5 Å². The van der Waals surface area contributed by atoms with E-state index >= 15 is 0 Å². The Bertz CT molecular complexity index is 625. The van der Waals surface area contributed by atoms with E-state index in [9.17, 15) is 0 Å². The predicted molar refractivity (Wildman–Crippen MR) is 87.5 cm³/mol. The fourth-order valence-electron chi connectivity index (χ4n) is 1.57. The number of anilines is 1. The number of nitrogens with one attached hydrogen (secondary N) is 1. The van der Waals surface area contributed by atoms with Gasteiger partial charge in [-0.2, -0.15) is 0 Å². The summed E-state index contributed by atoms with van der Waals surface area (Å²) in [4.78, 5) is 9.80. The molecule has 0 saturated heterocycles. The largest absolute Gasteiger partial charge is 0.374 e. The molecule has 7 heteroatoms. The summed E-state index contributed by atoms with van der Waals surface area (Å²) in [5.41, 5.74) is 0. The van der Waals surface area contributed by atoms with E-state index in [1.54, 1.807) is 6.07 Å². The highest BCUT2D eigenvalue weighted by molar-refractivity contribution is 7.99. The van der Waals surface area contributed by atoms with E-state index in [2.05, 4.69) is 15.3 Å². The molecule has 0 aliphatic heterocycles. The monoisotopic (exact) mass is 343 g/mol. The molecule has 0 aliphatic rings. The standard InChI is InChI=1S/C14H15Cl2N3OS/c1-3-20-8-13-18-12(17-2)7-14(19-13)21-9-4-5-10(15)11(16)6-9/h4-7H,3,8H2,1-2H3,(H,17,18,19). The number of aromatic nitrogens is 2. The second kappa shape index (κ2) is 7.84. The van der Waals surface area contributed by atoms with Crippen molar-refractivity contribution in [1.29, 1.82) is 0 Å². The maximum atomic E-state index is 6.03. The molecule has 1 heterocycles. The minimum absolute atomic E-state index is 0.390. The van der Waals surface area contributed by atoms with Gasteiger partial charge >= 0.3 is 0 Å². The topological polar surface area (TPSA) is 47.0 Å². The zero-order valence-electron chi connectivity index (χ0n) is 11.7. The lowest BCUT2D eigenvalue weighted by atomic mass is 10.4. The molecular formula is C14H15Cl2N3OS. The van der Waals surface area contributed by atoms with E-state index in [4.69, 9.17) is 27.9 Å². The van der Waals surface area contributed by atoms with Crippen molar-refractivity contribution in [3.05, 3.63) is 40.1 Å². The molecule has 0 unspecified atom stereocenters. The summed E-state index contributed by atoms with van der Waals surface area (Å²) in [5, 5.41) is 4.91. The summed E-state index contributed by atoms with van der Waals surface area (Å²) in [6, 6.07) is 7.37. The number of rotatable bonds is 6. The minimum atomic E-state index is 0.390. The fourth-order valence-corrected chi connectivity index (χ4v) is 2.81. The Morgan fingerprint density at radius 3 is 2.67 bits per heavy atom. The highest BCUT2D eigenvalue weighted by Gasteiger charge is 2.07. The average molecular weight is 344 g/mol. The van der Waals surface area contributed by atoms with Gasteiger partial charge in [-0.15, -0.1) is 0 Å². The Morgan fingerprint density at radius 1 is 1.19 bits per heavy atom. The van der Waals surface area contributed by atoms with Crippen LogP contribution in [0.5, 0.6) is 0 Å². The Hall–Kier alpha value is -1.01. The van der Waals surface area contributed by atoms with Gasteiger partial charge in [0.05, 0.1) is 10.0 Å². The molecule has 4 nitrogen and oxygen atoms in total. The van der Waals surface area contributed by atoms with Crippen LogP contribution in [0.4, 0.5) is 5.82 Å². The molecule has 0 spiro atoms. The first kappa shape index (κ1) is 16.4. The zero-order valence-corrected chi connectivity index (χ0v) is 14.0. The normalized spacial score (nSPS) is 10.7. The molecule has 0 radical (unpaired) electrons. The van der Waals surface area contributed by atoms with Crippen LogP contribution >= 0.6 is 35.0 Å². The SMILES string of the molecule is CCOCc1nc(NC)cc(Sc2ccc(Cl)c(Cl)c2)n1. The molecule has 1 aromatic carbocycles. The van der Waals surface area contributed by atoms with Gasteiger partial charge in [0.15, 0.2) is 5.82 Å². The zero-order chi connectivity index (χ0) is 15.2. The molecule has 21 heavy (non-hydrogen) atoms. The molecule has 0 saturated carbocycles. The molecule has 0 amide bonds. The maximum absolute atomic E-state index is 6.03. The second-order valence-corrected chi connectivity index (χ2v) is 5.98. The van der Waals surface area contributed by atoms with Gasteiger partial charge in [-0.3, -0.25) is 0 Å². The number of halogens is 2. The Morgan fingerprint density at radius 2 is 2.00 bits per heavy atom. The number of hydrogen-bond acceptors (Lipinski definition) is 5. The van der Waals surface area contributed by atoms with Gasteiger partial charge in [-0.05, 0) is 25.1 Å². The van der Waals surface area contributed by atoms with Crippen molar-refractivity contribution < 1.29 is 4.74 Å². The summed E-state index contributed by atoms with van der Waals surface area (Å²) in [7, 11) is 1.82. The molecule has 0 fully saturated rings. The smallest absolute Gasteiger partial charge is 0.157 e. The maximum Gasteiger partial charge on any atom is 0.157 e. The average Bonchev–Trinajstić information content (AvgIpc) is 2.48. The van der Waals surface area contributed by atoms with Crippen LogP contribution in [-0.4, -0.2) is 23.6 Å². The second-order valence-electron chi connectivity index (χ2n) is 4.07. The summed E-state index contributed by atoms with van der Waals surface area (Å²) >= 11 is 13.4. The molecule has 1 aromatic heterocycles. The Kier molecular flexibility index (Phi) is 6.11. The molecule has 2 rings (SSSR count). The van der Waals surface area contributed by atoms with E-state index in [0.29, 0.717) is 29.1 Å². The highest BCUT2D eigenvalue weighted by atomic mass is 35.5. The van der Waals surface area contributed by atoms with Crippen LogP contribution in [0, 0.1) is 0 Å². The molecule has 112 valence electrons. The summed E-state index contributed by atoms with van der Waals surface area (Å²) in [5.74, 6) is 1.40. The minimum Gasteiger partial charge on any atom is -0.374 e. The van der Waals surface area contributed by atoms with Crippen LogP contribution in [-0.2, 0) is 11.3 Å². The first-order valence-corrected chi connectivity index (χ1v) is 7.96. The van der Waals surface area contributed by atoms with Gasteiger partial charge in [0.2, 0.25) is 0 Å². The number of benzene rings is 1. The summed E-state index contributed by atoms with van der Waals surface area (Å²) < 4.78 is 5.36. The molecule has 0 atom stereocenters. The highest BCUT2D eigenvalue weighted by Crippen LogP contribution is 2.32. The summed E-state index contributed by atoms with van der Waals surface area (Å²) in [6.07, 6.45) is 0. The molecule has 1 N–H and O–H groups in total. The quantitative estimate of drug-likeness (QED) is 0.781. The Labute approximate surface area is 138 Å². The number of nitrogens with zero attached hydrogens (tertiary/aromatic N) is 2. The van der Waals surface area contributed by atoms with E-state index in [0.717, 1.165) is 15.7 Å².